The topological polar surface area (TPSA) is 63.3 Å². The van der Waals surface area contributed by atoms with Gasteiger partial charge in [-0.2, -0.15) is 4.68 Å². The molecule has 0 saturated carbocycles. The molecule has 0 aliphatic carbocycles. The molecule has 0 saturated heterocycles. The van der Waals surface area contributed by atoms with Crippen molar-refractivity contribution in [1.82, 2.24) is 19.2 Å². The fourth-order valence-electron chi connectivity index (χ4n) is 4.72. The Bertz CT molecular complexity index is 1740. The maximum Gasteiger partial charge on any atom is 0.283 e. The van der Waals surface area contributed by atoms with Crippen LogP contribution >= 0.6 is 22.9 Å². The number of thiazole rings is 1. The van der Waals surface area contributed by atoms with Crippen LogP contribution < -0.4 is 16.1 Å². The van der Waals surface area contributed by atoms with Crippen molar-refractivity contribution in [2.24, 2.45) is 0 Å². The lowest BCUT2D eigenvalue weighted by atomic mass is 10.1. The summed E-state index contributed by atoms with van der Waals surface area (Å²) in [5, 5.41) is 13.6. The molecule has 8 heteroatoms. The third kappa shape index (κ3) is 3.86. The molecule has 1 N–H and O–H groups in total. The zero-order valence-electron chi connectivity index (χ0n) is 19.5. The lowest BCUT2D eigenvalue weighted by Gasteiger charge is -2.31. The van der Waals surface area contributed by atoms with Crippen molar-refractivity contribution < 1.29 is 5.11 Å². The number of aliphatic hydroxyl groups excluding tert-OH is 1. The first-order valence-electron chi connectivity index (χ1n) is 11.6. The Morgan fingerprint density at radius 2 is 1.69 bits per heavy atom. The molecule has 0 fully saturated rings. The van der Waals surface area contributed by atoms with Gasteiger partial charge >= 0.3 is 0 Å². The third-order valence-corrected chi connectivity index (χ3v) is 7.92. The van der Waals surface area contributed by atoms with E-state index in [9.17, 15) is 9.90 Å². The number of hydrogen-bond acceptors (Lipinski definition) is 5. The van der Waals surface area contributed by atoms with Gasteiger partial charge in [0.1, 0.15) is 6.23 Å². The maximum absolute atomic E-state index is 14.0. The Morgan fingerprint density at radius 3 is 2.47 bits per heavy atom. The summed E-state index contributed by atoms with van der Waals surface area (Å²) in [5.41, 5.74) is 3.31. The van der Waals surface area contributed by atoms with Gasteiger partial charge in [-0.3, -0.25) is 9.48 Å². The van der Waals surface area contributed by atoms with Gasteiger partial charge in [0.05, 0.1) is 27.3 Å². The molecule has 0 bridgehead atoms. The molecule has 5 aromatic rings. The Kier molecular flexibility index (Phi) is 5.76. The van der Waals surface area contributed by atoms with Crippen LogP contribution in [0, 0.1) is 0 Å². The average molecular weight is 515 g/mol. The molecule has 3 heterocycles. The minimum atomic E-state index is -0.915. The van der Waals surface area contributed by atoms with Crippen LogP contribution in [0.4, 0.5) is 0 Å². The summed E-state index contributed by atoms with van der Waals surface area (Å²) in [6.45, 7) is 2.72. The Morgan fingerprint density at radius 1 is 0.972 bits per heavy atom. The van der Waals surface area contributed by atoms with E-state index in [0.717, 1.165) is 21.3 Å². The number of benzene rings is 3. The van der Waals surface area contributed by atoms with Crippen molar-refractivity contribution in [3.8, 4) is 5.13 Å². The van der Waals surface area contributed by atoms with Crippen LogP contribution in [0.2, 0.25) is 5.02 Å². The number of rotatable bonds is 5. The zero-order chi connectivity index (χ0) is 24.8. The summed E-state index contributed by atoms with van der Waals surface area (Å²) in [4.78, 5) is 20.6. The average Bonchev–Trinajstić information content (AvgIpc) is 3.42. The van der Waals surface area contributed by atoms with Crippen LogP contribution in [-0.2, 0) is 13.1 Å². The molecule has 3 aromatic carbocycles. The molecule has 180 valence electrons. The second-order valence-corrected chi connectivity index (χ2v) is 10.2. The Balaban J connectivity index is 1.58. The summed E-state index contributed by atoms with van der Waals surface area (Å²) in [5.74, 6) is 0. The van der Waals surface area contributed by atoms with Gasteiger partial charge in [-0.15, -0.1) is 0 Å². The quantitative estimate of drug-likeness (QED) is 0.388. The third-order valence-electron chi connectivity index (χ3n) is 6.54. The highest BCUT2D eigenvalue weighted by Crippen LogP contribution is 2.24. The van der Waals surface area contributed by atoms with E-state index in [1.54, 1.807) is 15.7 Å². The van der Waals surface area contributed by atoms with Gasteiger partial charge < -0.3 is 10.0 Å². The van der Waals surface area contributed by atoms with E-state index < -0.39 is 6.23 Å². The van der Waals surface area contributed by atoms with Gasteiger partial charge in [0.2, 0.25) is 5.13 Å². The van der Waals surface area contributed by atoms with Crippen molar-refractivity contribution >= 4 is 44.9 Å². The molecule has 6 nitrogen and oxygen atoms in total. The van der Waals surface area contributed by atoms with Crippen molar-refractivity contribution in [3.63, 3.8) is 0 Å². The summed E-state index contributed by atoms with van der Waals surface area (Å²) in [6.07, 6.45) is 0.828. The van der Waals surface area contributed by atoms with Gasteiger partial charge in [-0.05, 0) is 42.3 Å². The van der Waals surface area contributed by atoms with E-state index in [-0.39, 0.29) is 5.56 Å². The van der Waals surface area contributed by atoms with Crippen molar-refractivity contribution in [2.45, 2.75) is 26.2 Å². The number of hydrogen-bond donors (Lipinski definition) is 1. The van der Waals surface area contributed by atoms with Crippen LogP contribution in [0.5, 0.6) is 0 Å². The van der Waals surface area contributed by atoms with Gasteiger partial charge in [0, 0.05) is 17.3 Å². The first-order chi connectivity index (χ1) is 17.5. The lowest BCUT2D eigenvalue weighted by molar-refractivity contribution is 0.0924. The second-order valence-electron chi connectivity index (χ2n) is 8.77. The number of aliphatic hydroxyl groups is 1. The SMILES string of the molecule is CC1=c2c(n(Cc3ccccc3)n(-c3nc4ccccc4s3)c2=O)=CC(O)N1Cc1ccccc1Cl. The number of halogens is 1. The summed E-state index contributed by atoms with van der Waals surface area (Å²) >= 11 is 7.88. The van der Waals surface area contributed by atoms with Gasteiger partial charge in [-0.25, -0.2) is 4.98 Å². The minimum absolute atomic E-state index is 0.162. The van der Waals surface area contributed by atoms with Crippen LogP contribution in [-0.4, -0.2) is 30.6 Å². The highest BCUT2D eigenvalue weighted by Gasteiger charge is 2.26. The Labute approximate surface area is 216 Å². The maximum atomic E-state index is 14.0. The summed E-state index contributed by atoms with van der Waals surface area (Å²) in [6, 6.07) is 25.4. The first-order valence-corrected chi connectivity index (χ1v) is 12.8. The van der Waals surface area contributed by atoms with Crippen LogP contribution in [0.15, 0.2) is 83.7 Å². The molecule has 2 aromatic heterocycles. The van der Waals surface area contributed by atoms with E-state index in [4.69, 9.17) is 16.6 Å². The van der Waals surface area contributed by atoms with Crippen LogP contribution in [0.3, 0.4) is 0 Å². The lowest BCUT2D eigenvalue weighted by Crippen LogP contribution is -2.49. The van der Waals surface area contributed by atoms with Crippen molar-refractivity contribution in [2.75, 3.05) is 0 Å². The fraction of sp³-hybridized carbons (Fsp3) is 0.143. The first kappa shape index (κ1) is 22.8. The zero-order valence-corrected chi connectivity index (χ0v) is 21.1. The van der Waals surface area contributed by atoms with Crippen molar-refractivity contribution in [3.05, 3.63) is 116 Å². The van der Waals surface area contributed by atoms with E-state index in [1.165, 1.54) is 11.3 Å². The minimum Gasteiger partial charge on any atom is -0.370 e. The smallest absolute Gasteiger partial charge is 0.283 e. The Hall–Kier alpha value is -3.65. The molecule has 0 radical (unpaired) electrons. The van der Waals surface area contributed by atoms with Gasteiger partial charge in [-0.1, -0.05) is 83.6 Å². The summed E-state index contributed by atoms with van der Waals surface area (Å²) in [7, 11) is 0. The van der Waals surface area contributed by atoms with Crippen LogP contribution in [0.1, 0.15) is 18.1 Å². The monoisotopic (exact) mass is 514 g/mol. The molecule has 1 aliphatic rings. The molecular formula is C28H23ClN4O2S. The van der Waals surface area contributed by atoms with E-state index in [1.807, 2.05) is 90.5 Å². The number of para-hydroxylation sites is 1. The molecule has 0 spiro atoms. The van der Waals surface area contributed by atoms with Crippen LogP contribution in [0.25, 0.3) is 27.1 Å². The molecule has 0 amide bonds. The predicted molar refractivity (Wildman–Crippen MR) is 145 cm³/mol. The van der Waals surface area contributed by atoms with E-state index >= 15 is 0 Å². The molecular weight excluding hydrogens is 492 g/mol. The van der Waals surface area contributed by atoms with Gasteiger partial charge in [0.25, 0.3) is 5.56 Å². The summed E-state index contributed by atoms with van der Waals surface area (Å²) < 4.78 is 4.58. The molecule has 1 aliphatic heterocycles. The molecule has 6 rings (SSSR count). The molecule has 36 heavy (non-hydrogen) atoms. The number of fused-ring (bicyclic) bond motifs is 2. The fourth-order valence-corrected chi connectivity index (χ4v) is 5.89. The highest BCUT2D eigenvalue weighted by molar-refractivity contribution is 7.20. The largest absolute Gasteiger partial charge is 0.370 e. The van der Waals surface area contributed by atoms with Crippen molar-refractivity contribution in [1.29, 1.82) is 0 Å². The van der Waals surface area contributed by atoms with Gasteiger partial charge in [0.15, 0.2) is 0 Å². The number of nitrogens with zero attached hydrogens (tertiary/aromatic N) is 4. The highest BCUT2D eigenvalue weighted by atomic mass is 35.5. The standard InChI is InChI=1S/C28H23ClN4O2S/c1-18-26-23(15-25(34)31(18)17-20-11-5-6-12-21(20)29)32(16-19-9-3-2-4-10-19)33(27(26)35)28-30-22-13-7-8-14-24(22)36-28/h2-15,25,34H,16-17H2,1H3. The second kappa shape index (κ2) is 9.09. The van der Waals surface area contributed by atoms with E-state index in [0.29, 0.717) is 39.5 Å². The molecule has 1 unspecified atom stereocenters. The molecule has 1 atom stereocenters. The van der Waals surface area contributed by atoms with E-state index in [2.05, 4.69) is 0 Å². The number of aromatic nitrogens is 3. The normalized spacial score (nSPS) is 15.2. The predicted octanol–water partition coefficient (Wildman–Crippen LogP) is 3.69.